The van der Waals surface area contributed by atoms with E-state index in [0.29, 0.717) is 16.0 Å². The highest BCUT2D eigenvalue weighted by Gasteiger charge is 2.18. The molecule has 8 heteroatoms. The van der Waals surface area contributed by atoms with E-state index in [4.69, 9.17) is 9.47 Å². The molecule has 0 spiro atoms. The zero-order valence-electron chi connectivity index (χ0n) is 10.6. The van der Waals surface area contributed by atoms with Gasteiger partial charge in [-0.25, -0.2) is 0 Å². The summed E-state index contributed by atoms with van der Waals surface area (Å²) in [5.74, 6) is 0.969. The van der Waals surface area contributed by atoms with E-state index in [-0.39, 0.29) is 11.4 Å². The Morgan fingerprint density at radius 2 is 1.62 bits per heavy atom. The van der Waals surface area contributed by atoms with Gasteiger partial charge in [-0.05, 0) is 56.1 Å². The Hall–Kier alpha value is -1.12. The van der Waals surface area contributed by atoms with Crippen molar-refractivity contribution in [2.75, 3.05) is 7.11 Å². The normalized spacial score (nSPS) is 10.3. The number of rotatable bonds is 4. The highest BCUT2D eigenvalue weighted by Crippen LogP contribution is 2.41. The van der Waals surface area contributed by atoms with Crippen molar-refractivity contribution in [1.82, 2.24) is 0 Å². The molecule has 0 heterocycles. The molecule has 0 aromatic heterocycles. The minimum absolute atomic E-state index is 0.134. The molecule has 0 atom stereocenters. The van der Waals surface area contributed by atoms with E-state index in [1.807, 2.05) is 0 Å². The number of hydrogen-bond acceptors (Lipinski definition) is 4. The Kier molecular flexibility index (Phi) is 5.23. The van der Waals surface area contributed by atoms with Crippen LogP contribution in [0.4, 0.5) is 5.69 Å². The van der Waals surface area contributed by atoms with Gasteiger partial charge in [0.1, 0.15) is 0 Å². The molecule has 0 aliphatic rings. The van der Waals surface area contributed by atoms with E-state index in [0.717, 1.165) is 8.95 Å². The van der Waals surface area contributed by atoms with Crippen molar-refractivity contribution in [3.63, 3.8) is 0 Å². The van der Waals surface area contributed by atoms with E-state index in [1.54, 1.807) is 18.2 Å². The minimum atomic E-state index is -0.500. The average Bonchev–Trinajstić information content (AvgIpc) is 2.44. The molecule has 110 valence electrons. The van der Waals surface area contributed by atoms with Crippen LogP contribution in [0.25, 0.3) is 0 Å². The first-order chi connectivity index (χ1) is 9.92. The van der Waals surface area contributed by atoms with Crippen molar-refractivity contribution in [1.29, 1.82) is 0 Å². The third-order valence-electron chi connectivity index (χ3n) is 2.54. The molecule has 0 unspecified atom stereocenters. The van der Waals surface area contributed by atoms with Crippen LogP contribution in [0.15, 0.2) is 43.7 Å². The SMILES string of the molecule is COc1cc(Br)c(Br)cc1Oc1ccc(Br)cc1[N+](=O)[O-]. The molecule has 2 rings (SSSR count). The van der Waals surface area contributed by atoms with Crippen LogP contribution >= 0.6 is 47.8 Å². The molecule has 5 nitrogen and oxygen atoms in total. The summed E-state index contributed by atoms with van der Waals surface area (Å²) in [6, 6.07) is 7.97. The fraction of sp³-hybridized carbons (Fsp3) is 0.0769. The van der Waals surface area contributed by atoms with Gasteiger partial charge in [-0.3, -0.25) is 10.1 Å². The maximum Gasteiger partial charge on any atom is 0.312 e. The van der Waals surface area contributed by atoms with Crippen LogP contribution in [0.3, 0.4) is 0 Å². The summed E-state index contributed by atoms with van der Waals surface area (Å²) in [6.45, 7) is 0. The monoisotopic (exact) mass is 479 g/mol. The maximum atomic E-state index is 11.1. The summed E-state index contributed by atoms with van der Waals surface area (Å²) in [5, 5.41) is 11.1. The van der Waals surface area contributed by atoms with Crippen LogP contribution in [0.2, 0.25) is 0 Å². The Morgan fingerprint density at radius 3 is 2.19 bits per heavy atom. The lowest BCUT2D eigenvalue weighted by Gasteiger charge is -2.12. The Bertz CT molecular complexity index is 706. The first-order valence-electron chi connectivity index (χ1n) is 5.57. The predicted molar refractivity (Wildman–Crippen MR) is 89.3 cm³/mol. The van der Waals surface area contributed by atoms with Gasteiger partial charge < -0.3 is 9.47 Å². The molecule has 2 aromatic carbocycles. The van der Waals surface area contributed by atoms with E-state index in [9.17, 15) is 10.1 Å². The largest absolute Gasteiger partial charge is 0.493 e. The second kappa shape index (κ2) is 6.76. The average molecular weight is 482 g/mol. The standard InChI is InChI=1S/C13H8Br3NO4/c1-20-12-5-8(15)9(16)6-13(12)21-11-3-2-7(14)4-10(11)17(18)19/h2-6H,1H3. The minimum Gasteiger partial charge on any atom is -0.493 e. The molecule has 0 aliphatic carbocycles. The topological polar surface area (TPSA) is 61.6 Å². The van der Waals surface area contributed by atoms with E-state index in [1.165, 1.54) is 19.2 Å². The van der Waals surface area contributed by atoms with Crippen LogP contribution < -0.4 is 9.47 Å². The maximum absolute atomic E-state index is 11.1. The molecular formula is C13H8Br3NO4. The molecule has 0 saturated heterocycles. The Labute approximate surface area is 145 Å². The second-order valence-electron chi connectivity index (χ2n) is 3.89. The summed E-state index contributed by atoms with van der Waals surface area (Å²) in [6.07, 6.45) is 0. The van der Waals surface area contributed by atoms with Crippen LogP contribution in [-0.4, -0.2) is 12.0 Å². The number of hydrogen-bond donors (Lipinski definition) is 0. The summed E-state index contributed by atoms with van der Waals surface area (Å²) < 4.78 is 13.0. The molecule has 0 N–H and O–H groups in total. The molecule has 0 fully saturated rings. The Morgan fingerprint density at radius 1 is 1.00 bits per heavy atom. The van der Waals surface area contributed by atoms with Gasteiger partial charge in [-0.1, -0.05) is 15.9 Å². The smallest absolute Gasteiger partial charge is 0.312 e. The molecule has 0 aliphatic heterocycles. The number of ether oxygens (including phenoxy) is 2. The quantitative estimate of drug-likeness (QED) is 0.416. The van der Waals surface area contributed by atoms with Gasteiger partial charge in [0.05, 0.1) is 12.0 Å². The van der Waals surface area contributed by atoms with Crippen molar-refractivity contribution < 1.29 is 14.4 Å². The van der Waals surface area contributed by atoms with Gasteiger partial charge in [0.25, 0.3) is 0 Å². The highest BCUT2D eigenvalue weighted by atomic mass is 79.9. The highest BCUT2D eigenvalue weighted by molar-refractivity contribution is 9.13. The first kappa shape index (κ1) is 16.3. The zero-order valence-corrected chi connectivity index (χ0v) is 15.4. The number of nitrogens with zero attached hydrogens (tertiary/aromatic N) is 1. The third kappa shape index (κ3) is 3.75. The predicted octanol–water partition coefficient (Wildman–Crippen LogP) is 5.68. The van der Waals surface area contributed by atoms with Crippen LogP contribution in [0.5, 0.6) is 17.2 Å². The van der Waals surface area contributed by atoms with Gasteiger partial charge in [0.2, 0.25) is 5.75 Å². The summed E-state index contributed by atoms with van der Waals surface area (Å²) in [4.78, 5) is 10.6. The Balaban J connectivity index is 2.47. The molecule has 2 aromatic rings. The number of nitro groups is 1. The second-order valence-corrected chi connectivity index (χ2v) is 6.51. The van der Waals surface area contributed by atoms with Gasteiger partial charge in [0.15, 0.2) is 11.5 Å². The van der Waals surface area contributed by atoms with Gasteiger partial charge in [0, 0.05) is 19.5 Å². The van der Waals surface area contributed by atoms with Crippen LogP contribution in [-0.2, 0) is 0 Å². The number of benzene rings is 2. The van der Waals surface area contributed by atoms with E-state index in [2.05, 4.69) is 47.8 Å². The lowest BCUT2D eigenvalue weighted by Crippen LogP contribution is -1.95. The van der Waals surface area contributed by atoms with Crippen LogP contribution in [0.1, 0.15) is 0 Å². The lowest BCUT2D eigenvalue weighted by molar-refractivity contribution is -0.385. The fourth-order valence-corrected chi connectivity index (χ4v) is 2.58. The van der Waals surface area contributed by atoms with Crippen molar-refractivity contribution >= 4 is 53.5 Å². The summed E-state index contributed by atoms with van der Waals surface area (Å²) in [5.41, 5.74) is -0.134. The van der Waals surface area contributed by atoms with Crippen molar-refractivity contribution in [3.8, 4) is 17.2 Å². The van der Waals surface area contributed by atoms with Crippen molar-refractivity contribution in [3.05, 3.63) is 53.9 Å². The van der Waals surface area contributed by atoms with E-state index >= 15 is 0 Å². The van der Waals surface area contributed by atoms with Gasteiger partial charge in [-0.2, -0.15) is 0 Å². The number of methoxy groups -OCH3 is 1. The fourth-order valence-electron chi connectivity index (χ4n) is 1.59. The molecule has 0 amide bonds. The molecular weight excluding hydrogens is 474 g/mol. The third-order valence-corrected chi connectivity index (χ3v) is 4.88. The number of halogens is 3. The molecule has 0 bridgehead atoms. The zero-order chi connectivity index (χ0) is 15.6. The summed E-state index contributed by atoms with van der Waals surface area (Å²) >= 11 is 9.92. The van der Waals surface area contributed by atoms with Crippen LogP contribution in [0, 0.1) is 10.1 Å². The molecule has 0 radical (unpaired) electrons. The number of nitro benzene ring substituents is 1. The lowest BCUT2D eigenvalue weighted by atomic mass is 10.3. The first-order valence-corrected chi connectivity index (χ1v) is 7.95. The molecule has 0 saturated carbocycles. The van der Waals surface area contributed by atoms with Crippen molar-refractivity contribution in [2.24, 2.45) is 0 Å². The van der Waals surface area contributed by atoms with E-state index < -0.39 is 4.92 Å². The molecule has 21 heavy (non-hydrogen) atoms. The summed E-state index contributed by atoms with van der Waals surface area (Å²) in [7, 11) is 1.50. The van der Waals surface area contributed by atoms with Crippen molar-refractivity contribution in [2.45, 2.75) is 0 Å². The van der Waals surface area contributed by atoms with Gasteiger partial charge >= 0.3 is 5.69 Å². The van der Waals surface area contributed by atoms with Gasteiger partial charge in [-0.15, -0.1) is 0 Å².